The van der Waals surface area contributed by atoms with Crippen molar-refractivity contribution in [2.45, 2.75) is 25.3 Å². The van der Waals surface area contributed by atoms with Gasteiger partial charge in [0.2, 0.25) is 5.91 Å². The molecule has 1 fully saturated rings. The molecule has 0 bridgehead atoms. The number of amides is 1. The van der Waals surface area contributed by atoms with E-state index in [1.807, 2.05) is 31.2 Å². The molecular formula is C13H18N2O2. The number of ether oxygens (including phenoxy) is 1. The van der Waals surface area contributed by atoms with Crippen LogP contribution in [0.4, 0.5) is 5.69 Å². The van der Waals surface area contributed by atoms with Crippen molar-refractivity contribution >= 4 is 11.6 Å². The van der Waals surface area contributed by atoms with Gasteiger partial charge in [-0.15, -0.1) is 0 Å². The van der Waals surface area contributed by atoms with Gasteiger partial charge in [0.1, 0.15) is 0 Å². The number of para-hydroxylation sites is 1. The summed E-state index contributed by atoms with van der Waals surface area (Å²) < 4.78 is 5.30. The van der Waals surface area contributed by atoms with Crippen LogP contribution in [0.25, 0.3) is 0 Å². The molecule has 4 nitrogen and oxygen atoms in total. The summed E-state index contributed by atoms with van der Waals surface area (Å²) in [5.41, 5.74) is 7.11. The maximum atomic E-state index is 11.9. The maximum Gasteiger partial charge on any atom is 0.225 e. The lowest BCUT2D eigenvalue weighted by Crippen LogP contribution is -2.47. The normalized spacial score (nSPS) is 23.6. The molecule has 3 N–H and O–H groups in total. The fourth-order valence-corrected chi connectivity index (χ4v) is 2.01. The van der Waals surface area contributed by atoms with Gasteiger partial charge < -0.3 is 15.8 Å². The molecule has 17 heavy (non-hydrogen) atoms. The van der Waals surface area contributed by atoms with Crippen molar-refractivity contribution in [1.82, 2.24) is 5.32 Å². The van der Waals surface area contributed by atoms with Crippen molar-refractivity contribution in [2.24, 2.45) is 0 Å². The van der Waals surface area contributed by atoms with Gasteiger partial charge in [-0.1, -0.05) is 18.2 Å². The monoisotopic (exact) mass is 234 g/mol. The van der Waals surface area contributed by atoms with Crippen LogP contribution >= 0.6 is 0 Å². The summed E-state index contributed by atoms with van der Waals surface area (Å²) in [6, 6.07) is 7.44. The van der Waals surface area contributed by atoms with Crippen LogP contribution in [0.5, 0.6) is 0 Å². The van der Waals surface area contributed by atoms with Crippen molar-refractivity contribution in [3.8, 4) is 0 Å². The number of benzene rings is 1. The molecule has 1 heterocycles. The number of rotatable bonds is 3. The first-order chi connectivity index (χ1) is 8.09. The Morgan fingerprint density at radius 1 is 1.53 bits per heavy atom. The fourth-order valence-electron chi connectivity index (χ4n) is 2.01. The van der Waals surface area contributed by atoms with Crippen LogP contribution < -0.4 is 11.1 Å². The highest BCUT2D eigenvalue weighted by Crippen LogP contribution is 2.18. The van der Waals surface area contributed by atoms with Gasteiger partial charge in [-0.05, 0) is 25.0 Å². The van der Waals surface area contributed by atoms with Crippen LogP contribution in [0, 0.1) is 0 Å². The van der Waals surface area contributed by atoms with E-state index in [9.17, 15) is 4.79 Å². The minimum absolute atomic E-state index is 0.00380. The molecule has 4 heteroatoms. The minimum Gasteiger partial charge on any atom is -0.398 e. The SMILES string of the molecule is CC1(NC(=O)Cc2ccccc2N)CCOC1. The average Bonchev–Trinajstić information content (AvgIpc) is 2.68. The zero-order valence-corrected chi connectivity index (χ0v) is 10.0. The molecule has 1 aromatic carbocycles. The summed E-state index contributed by atoms with van der Waals surface area (Å²) in [5.74, 6) is -0.00380. The first-order valence-corrected chi connectivity index (χ1v) is 5.81. The fraction of sp³-hybridized carbons (Fsp3) is 0.462. The van der Waals surface area contributed by atoms with Crippen molar-refractivity contribution in [3.63, 3.8) is 0 Å². The van der Waals surface area contributed by atoms with E-state index in [4.69, 9.17) is 10.5 Å². The smallest absolute Gasteiger partial charge is 0.225 e. The van der Waals surface area contributed by atoms with Gasteiger partial charge in [0, 0.05) is 12.3 Å². The standard InChI is InChI=1S/C13H18N2O2/c1-13(6-7-17-9-13)15-12(16)8-10-4-2-3-5-11(10)14/h2-5H,6-9,14H2,1H3,(H,15,16). The van der Waals surface area contributed by atoms with Crippen molar-refractivity contribution < 1.29 is 9.53 Å². The van der Waals surface area contributed by atoms with Crippen LogP contribution in [0.2, 0.25) is 0 Å². The molecule has 1 aliphatic rings. The van der Waals surface area contributed by atoms with E-state index in [2.05, 4.69) is 5.32 Å². The number of nitrogens with one attached hydrogen (secondary N) is 1. The number of anilines is 1. The molecule has 0 radical (unpaired) electrons. The second-order valence-corrected chi connectivity index (χ2v) is 4.79. The molecule has 1 atom stereocenters. The maximum absolute atomic E-state index is 11.9. The predicted molar refractivity (Wildman–Crippen MR) is 66.5 cm³/mol. The van der Waals surface area contributed by atoms with Crippen LogP contribution in [0.15, 0.2) is 24.3 Å². The quantitative estimate of drug-likeness (QED) is 0.770. The molecule has 1 unspecified atom stereocenters. The largest absolute Gasteiger partial charge is 0.398 e. The molecule has 0 aliphatic carbocycles. The van der Waals surface area contributed by atoms with Gasteiger partial charge in [-0.3, -0.25) is 4.79 Å². The summed E-state index contributed by atoms with van der Waals surface area (Å²) in [7, 11) is 0. The van der Waals surface area contributed by atoms with E-state index in [1.165, 1.54) is 0 Å². The Morgan fingerprint density at radius 3 is 2.94 bits per heavy atom. The zero-order chi connectivity index (χ0) is 12.3. The van der Waals surface area contributed by atoms with Crippen molar-refractivity contribution in [2.75, 3.05) is 18.9 Å². The highest BCUT2D eigenvalue weighted by atomic mass is 16.5. The highest BCUT2D eigenvalue weighted by Gasteiger charge is 2.31. The highest BCUT2D eigenvalue weighted by molar-refractivity contribution is 5.80. The third-order valence-electron chi connectivity index (χ3n) is 3.07. The molecule has 92 valence electrons. The Morgan fingerprint density at radius 2 is 2.29 bits per heavy atom. The summed E-state index contributed by atoms with van der Waals surface area (Å²) in [6.45, 7) is 3.31. The van der Waals surface area contributed by atoms with Crippen LogP contribution in [0.3, 0.4) is 0 Å². The summed E-state index contributed by atoms with van der Waals surface area (Å²) in [6.07, 6.45) is 1.19. The predicted octanol–water partition coefficient (Wildman–Crippen LogP) is 1.11. The minimum atomic E-state index is -0.222. The summed E-state index contributed by atoms with van der Waals surface area (Å²) >= 11 is 0. The Hall–Kier alpha value is -1.55. The lowest BCUT2D eigenvalue weighted by Gasteiger charge is -2.23. The Kier molecular flexibility index (Phi) is 3.33. The van der Waals surface area contributed by atoms with Gasteiger partial charge >= 0.3 is 0 Å². The van der Waals surface area contributed by atoms with Gasteiger partial charge in [0.25, 0.3) is 0 Å². The first-order valence-electron chi connectivity index (χ1n) is 5.81. The second-order valence-electron chi connectivity index (χ2n) is 4.79. The Labute approximate surface area is 101 Å². The molecule has 0 aromatic heterocycles. The lowest BCUT2D eigenvalue weighted by atomic mass is 10.0. The molecule has 1 aliphatic heterocycles. The van der Waals surface area contributed by atoms with E-state index in [0.717, 1.165) is 12.0 Å². The third-order valence-corrected chi connectivity index (χ3v) is 3.07. The topological polar surface area (TPSA) is 64.4 Å². The van der Waals surface area contributed by atoms with E-state index < -0.39 is 0 Å². The van der Waals surface area contributed by atoms with E-state index in [0.29, 0.717) is 25.3 Å². The van der Waals surface area contributed by atoms with Crippen molar-refractivity contribution in [1.29, 1.82) is 0 Å². The number of nitrogens with two attached hydrogens (primary N) is 1. The molecule has 2 rings (SSSR count). The van der Waals surface area contributed by atoms with Crippen molar-refractivity contribution in [3.05, 3.63) is 29.8 Å². The molecule has 0 saturated carbocycles. The molecule has 1 amide bonds. The van der Waals surface area contributed by atoms with Crippen LogP contribution in [0.1, 0.15) is 18.9 Å². The lowest BCUT2D eigenvalue weighted by molar-refractivity contribution is -0.122. The third kappa shape index (κ3) is 2.97. The first kappa shape index (κ1) is 11.9. The van der Waals surface area contributed by atoms with Crippen LogP contribution in [-0.4, -0.2) is 24.7 Å². The summed E-state index contributed by atoms with van der Waals surface area (Å²) in [5, 5.41) is 3.01. The van der Waals surface area contributed by atoms with Gasteiger partial charge in [-0.25, -0.2) is 0 Å². The number of carbonyl (C=O) groups excluding carboxylic acids is 1. The van der Waals surface area contributed by atoms with Gasteiger partial charge in [-0.2, -0.15) is 0 Å². The number of hydrogen-bond acceptors (Lipinski definition) is 3. The summed E-state index contributed by atoms with van der Waals surface area (Å²) in [4.78, 5) is 11.9. The zero-order valence-electron chi connectivity index (χ0n) is 10.0. The van der Waals surface area contributed by atoms with Gasteiger partial charge in [0.15, 0.2) is 0 Å². The number of nitrogen functional groups attached to an aromatic ring is 1. The second kappa shape index (κ2) is 4.75. The molecule has 1 aromatic rings. The average molecular weight is 234 g/mol. The van der Waals surface area contributed by atoms with E-state index >= 15 is 0 Å². The molecule has 1 saturated heterocycles. The molecule has 0 spiro atoms. The number of carbonyl (C=O) groups is 1. The number of hydrogen-bond donors (Lipinski definition) is 2. The van der Waals surface area contributed by atoms with Gasteiger partial charge in [0.05, 0.1) is 18.6 Å². The van der Waals surface area contributed by atoms with E-state index in [-0.39, 0.29) is 11.4 Å². The molecular weight excluding hydrogens is 216 g/mol. The Bertz CT molecular complexity index is 412. The van der Waals surface area contributed by atoms with E-state index in [1.54, 1.807) is 0 Å². The Balaban J connectivity index is 1.96. The van der Waals surface area contributed by atoms with Crippen LogP contribution in [-0.2, 0) is 16.0 Å².